The van der Waals surface area contributed by atoms with Crippen molar-refractivity contribution in [2.24, 2.45) is 4.99 Å². The fraction of sp³-hybridized carbons (Fsp3) is 0.240. The van der Waals surface area contributed by atoms with Gasteiger partial charge in [0.15, 0.2) is 4.80 Å². The highest BCUT2D eigenvalue weighted by Crippen LogP contribution is 2.31. The molecule has 0 fully saturated rings. The third kappa shape index (κ3) is 4.84. The molecule has 2 heterocycles. The number of ether oxygens (including phenoxy) is 3. The number of rotatable bonds is 7. The number of fused-ring (bicyclic) bond motifs is 1. The van der Waals surface area contributed by atoms with Gasteiger partial charge < -0.3 is 14.2 Å². The van der Waals surface area contributed by atoms with Crippen LogP contribution in [0.5, 0.6) is 5.75 Å². The number of allylic oxidation sites excluding steroid dienone is 1. The Morgan fingerprint density at radius 2 is 1.82 bits per heavy atom. The van der Waals surface area contributed by atoms with Crippen molar-refractivity contribution in [1.29, 1.82) is 0 Å². The summed E-state index contributed by atoms with van der Waals surface area (Å²) in [6, 6.07) is 13.8. The topological polar surface area (TPSA) is 79.1 Å². The van der Waals surface area contributed by atoms with Crippen LogP contribution in [0.15, 0.2) is 69.6 Å². The van der Waals surface area contributed by atoms with Crippen LogP contribution in [0, 0.1) is 0 Å². The Kier molecular flexibility index (Phi) is 7.31. The molecule has 0 saturated heterocycles. The summed E-state index contributed by atoms with van der Waals surface area (Å²) in [5.41, 5.74) is 2.15. The molecule has 0 amide bonds. The molecule has 1 atom stereocenters. The lowest BCUT2D eigenvalue weighted by Gasteiger charge is -2.24. The first kappa shape index (κ1) is 23.9. The number of thiazole rings is 1. The van der Waals surface area contributed by atoms with E-state index in [1.807, 2.05) is 24.3 Å². The molecule has 0 saturated carbocycles. The van der Waals surface area contributed by atoms with E-state index in [4.69, 9.17) is 25.8 Å². The average molecular weight is 499 g/mol. The largest absolute Gasteiger partial charge is 0.497 e. The van der Waals surface area contributed by atoms with E-state index in [0.717, 1.165) is 16.9 Å². The number of hydrogen-bond acceptors (Lipinski definition) is 7. The molecule has 1 aliphatic rings. The molecule has 0 bridgehead atoms. The highest BCUT2D eigenvalue weighted by molar-refractivity contribution is 7.07. The van der Waals surface area contributed by atoms with E-state index < -0.39 is 12.0 Å². The summed E-state index contributed by atoms with van der Waals surface area (Å²) in [4.78, 5) is 31.7. The second kappa shape index (κ2) is 10.4. The van der Waals surface area contributed by atoms with E-state index in [0.29, 0.717) is 25.6 Å². The van der Waals surface area contributed by atoms with Gasteiger partial charge in [0, 0.05) is 12.1 Å². The zero-order valence-corrected chi connectivity index (χ0v) is 20.5. The molecule has 3 aromatic rings. The molecule has 4 rings (SSSR count). The minimum Gasteiger partial charge on any atom is -0.497 e. The summed E-state index contributed by atoms with van der Waals surface area (Å²) in [6.45, 7) is 2.11. The summed E-state index contributed by atoms with van der Waals surface area (Å²) < 4.78 is 17.6. The molecule has 1 aliphatic heterocycles. The molecule has 9 heteroatoms. The van der Waals surface area contributed by atoms with Crippen molar-refractivity contribution in [2.45, 2.75) is 13.0 Å². The summed E-state index contributed by atoms with van der Waals surface area (Å²) in [6.07, 6.45) is 1.80. The van der Waals surface area contributed by atoms with Crippen LogP contribution in [0.25, 0.3) is 6.08 Å². The SMILES string of the molecule is COCCOC(=O)C1=C(C)N=c2sc(=Cc3ccc(OC)cc3)c(=O)n2C1c1ccc(Cl)cc1. The van der Waals surface area contributed by atoms with E-state index in [-0.39, 0.29) is 18.8 Å². The van der Waals surface area contributed by atoms with Crippen LogP contribution in [-0.4, -0.2) is 38.0 Å². The molecule has 0 spiro atoms. The van der Waals surface area contributed by atoms with Crippen molar-refractivity contribution in [1.82, 2.24) is 4.57 Å². The second-order valence-electron chi connectivity index (χ2n) is 7.54. The third-order valence-corrected chi connectivity index (χ3v) is 6.60. The van der Waals surface area contributed by atoms with Crippen LogP contribution < -0.4 is 19.6 Å². The van der Waals surface area contributed by atoms with Crippen LogP contribution in [0.4, 0.5) is 0 Å². The van der Waals surface area contributed by atoms with Gasteiger partial charge in [-0.3, -0.25) is 9.36 Å². The van der Waals surface area contributed by atoms with E-state index in [1.54, 1.807) is 48.9 Å². The van der Waals surface area contributed by atoms with E-state index in [2.05, 4.69) is 4.99 Å². The Morgan fingerprint density at radius 1 is 1.12 bits per heavy atom. The van der Waals surface area contributed by atoms with Crippen LogP contribution in [0.3, 0.4) is 0 Å². The summed E-state index contributed by atoms with van der Waals surface area (Å²) in [5, 5.41) is 0.556. The van der Waals surface area contributed by atoms with Crippen molar-refractivity contribution < 1.29 is 19.0 Å². The second-order valence-corrected chi connectivity index (χ2v) is 8.98. The van der Waals surface area contributed by atoms with Gasteiger partial charge in [0.2, 0.25) is 0 Å². The van der Waals surface area contributed by atoms with Crippen molar-refractivity contribution in [3.63, 3.8) is 0 Å². The number of esters is 1. The summed E-state index contributed by atoms with van der Waals surface area (Å²) in [5.74, 6) is 0.191. The van der Waals surface area contributed by atoms with Crippen LogP contribution >= 0.6 is 22.9 Å². The van der Waals surface area contributed by atoms with E-state index in [1.165, 1.54) is 18.4 Å². The normalized spacial score (nSPS) is 15.6. The molecule has 1 unspecified atom stereocenters. The van der Waals surface area contributed by atoms with Crippen molar-refractivity contribution in [3.05, 3.63) is 95.6 Å². The zero-order chi connectivity index (χ0) is 24.2. The molecule has 0 radical (unpaired) electrons. The Morgan fingerprint density at radius 3 is 2.47 bits per heavy atom. The Bertz CT molecular complexity index is 1410. The van der Waals surface area contributed by atoms with Gasteiger partial charge in [-0.05, 0) is 48.4 Å². The fourth-order valence-corrected chi connectivity index (χ4v) is 4.86. The lowest BCUT2D eigenvalue weighted by atomic mass is 9.96. The van der Waals surface area contributed by atoms with Gasteiger partial charge in [-0.25, -0.2) is 9.79 Å². The van der Waals surface area contributed by atoms with Gasteiger partial charge in [-0.15, -0.1) is 0 Å². The molecule has 0 aliphatic carbocycles. The van der Waals surface area contributed by atoms with Gasteiger partial charge in [0.1, 0.15) is 12.4 Å². The number of nitrogens with zero attached hydrogens (tertiary/aromatic N) is 2. The Hall–Kier alpha value is -3.20. The van der Waals surface area contributed by atoms with Gasteiger partial charge >= 0.3 is 5.97 Å². The van der Waals surface area contributed by atoms with Gasteiger partial charge in [-0.1, -0.05) is 47.2 Å². The monoisotopic (exact) mass is 498 g/mol. The maximum absolute atomic E-state index is 13.6. The minimum absolute atomic E-state index is 0.0986. The number of aromatic nitrogens is 1. The van der Waals surface area contributed by atoms with Crippen molar-refractivity contribution >= 4 is 35.0 Å². The molecule has 2 aromatic carbocycles. The first-order chi connectivity index (χ1) is 16.4. The van der Waals surface area contributed by atoms with E-state index in [9.17, 15) is 9.59 Å². The summed E-state index contributed by atoms with van der Waals surface area (Å²) >= 11 is 7.37. The first-order valence-electron chi connectivity index (χ1n) is 10.5. The average Bonchev–Trinajstić information content (AvgIpc) is 3.13. The standard InChI is InChI=1S/C25H23ClN2O5S/c1-15-21(24(30)33-13-12-31-2)22(17-6-8-18(26)9-7-17)28-23(29)20(34-25(28)27-15)14-16-4-10-19(32-3)11-5-16/h4-11,14,22H,12-13H2,1-3H3. The number of methoxy groups -OCH3 is 2. The van der Waals surface area contributed by atoms with Crippen molar-refractivity contribution in [2.75, 3.05) is 27.4 Å². The number of carbonyl (C=O) groups is 1. The first-order valence-corrected chi connectivity index (χ1v) is 11.7. The summed E-state index contributed by atoms with van der Waals surface area (Å²) in [7, 11) is 3.13. The molecule has 176 valence electrons. The Balaban J connectivity index is 1.85. The lowest BCUT2D eigenvalue weighted by Crippen LogP contribution is -2.40. The number of benzene rings is 2. The molecule has 7 nitrogen and oxygen atoms in total. The number of carbonyl (C=O) groups excluding carboxylic acids is 1. The van der Waals surface area contributed by atoms with Crippen molar-refractivity contribution in [3.8, 4) is 5.75 Å². The molecule has 34 heavy (non-hydrogen) atoms. The Labute approximate surface area is 205 Å². The zero-order valence-electron chi connectivity index (χ0n) is 18.9. The van der Waals surface area contributed by atoms with Gasteiger partial charge in [0.05, 0.1) is 35.6 Å². The predicted molar refractivity (Wildman–Crippen MR) is 131 cm³/mol. The quantitative estimate of drug-likeness (QED) is 0.369. The molecular weight excluding hydrogens is 476 g/mol. The number of halogens is 1. The lowest BCUT2D eigenvalue weighted by molar-refractivity contribution is -0.140. The third-order valence-electron chi connectivity index (χ3n) is 5.36. The molecule has 0 N–H and O–H groups in total. The molecule has 1 aromatic heterocycles. The minimum atomic E-state index is -0.693. The van der Waals surface area contributed by atoms with Crippen LogP contribution in [0.1, 0.15) is 24.1 Å². The maximum Gasteiger partial charge on any atom is 0.338 e. The van der Waals surface area contributed by atoms with Crippen LogP contribution in [0.2, 0.25) is 5.02 Å². The highest BCUT2D eigenvalue weighted by Gasteiger charge is 2.33. The fourth-order valence-electron chi connectivity index (χ4n) is 3.69. The van der Waals surface area contributed by atoms with Crippen LogP contribution in [-0.2, 0) is 14.3 Å². The predicted octanol–water partition coefficient (Wildman–Crippen LogP) is 3.09. The highest BCUT2D eigenvalue weighted by atomic mass is 35.5. The van der Waals surface area contributed by atoms with E-state index >= 15 is 0 Å². The van der Waals surface area contributed by atoms with Gasteiger partial charge in [0.25, 0.3) is 5.56 Å². The number of hydrogen-bond donors (Lipinski definition) is 0. The maximum atomic E-state index is 13.6. The smallest absolute Gasteiger partial charge is 0.338 e. The molecular formula is C25H23ClN2O5S. The van der Waals surface area contributed by atoms with Gasteiger partial charge in [-0.2, -0.15) is 0 Å².